The second-order valence-electron chi connectivity index (χ2n) is 5.18. The van der Waals surface area contributed by atoms with Crippen molar-refractivity contribution in [3.63, 3.8) is 0 Å². The summed E-state index contributed by atoms with van der Waals surface area (Å²) in [7, 11) is 1.67. The Morgan fingerprint density at radius 1 is 1.47 bits per heavy atom. The van der Waals surface area contributed by atoms with Gasteiger partial charge in [0.25, 0.3) is 0 Å². The molecule has 1 amide bonds. The Kier molecular flexibility index (Phi) is 4.56. The number of amides is 1. The minimum Gasteiger partial charge on any atom is -0.384 e. The molecule has 1 fully saturated rings. The van der Waals surface area contributed by atoms with Crippen LogP contribution in [0.3, 0.4) is 0 Å². The molecule has 19 heavy (non-hydrogen) atoms. The summed E-state index contributed by atoms with van der Waals surface area (Å²) in [6.45, 7) is 3.60. The molecule has 0 unspecified atom stereocenters. The van der Waals surface area contributed by atoms with Crippen LogP contribution in [0.25, 0.3) is 0 Å². The Hall–Kier alpha value is -1.39. The second kappa shape index (κ2) is 6.17. The molecule has 4 nitrogen and oxygen atoms in total. The van der Waals surface area contributed by atoms with E-state index < -0.39 is 0 Å². The Morgan fingerprint density at radius 3 is 2.74 bits per heavy atom. The van der Waals surface area contributed by atoms with Gasteiger partial charge in [-0.2, -0.15) is 0 Å². The maximum Gasteiger partial charge on any atom is 0.235 e. The molecule has 1 saturated heterocycles. The number of methoxy groups -OCH3 is 1. The molecule has 1 aromatic rings. The van der Waals surface area contributed by atoms with Crippen LogP contribution in [0.4, 0.5) is 0 Å². The minimum atomic E-state index is -0.248. The SMILES string of the molecule is COC[C@@H]1CCN([C@@H](C)c2ccccc2)[C@@H]1C(N)=O. The number of hydrogen-bond acceptors (Lipinski definition) is 3. The van der Waals surface area contributed by atoms with Crippen molar-refractivity contribution in [3.8, 4) is 0 Å². The van der Waals surface area contributed by atoms with E-state index in [4.69, 9.17) is 10.5 Å². The van der Waals surface area contributed by atoms with Crippen molar-refractivity contribution in [1.29, 1.82) is 0 Å². The van der Waals surface area contributed by atoms with Gasteiger partial charge in [-0.3, -0.25) is 9.69 Å². The predicted octanol–water partition coefficient (Wildman–Crippen LogP) is 1.57. The number of nitrogens with zero attached hydrogens (tertiary/aromatic N) is 1. The van der Waals surface area contributed by atoms with E-state index in [-0.39, 0.29) is 23.9 Å². The lowest BCUT2D eigenvalue weighted by Gasteiger charge is -2.31. The molecule has 0 aromatic heterocycles. The minimum absolute atomic E-state index is 0.195. The average Bonchev–Trinajstić information content (AvgIpc) is 2.83. The van der Waals surface area contributed by atoms with Crippen molar-refractivity contribution in [2.45, 2.75) is 25.4 Å². The third-order valence-corrected chi connectivity index (χ3v) is 4.01. The number of benzene rings is 1. The van der Waals surface area contributed by atoms with Gasteiger partial charge in [0, 0.05) is 19.1 Å². The van der Waals surface area contributed by atoms with E-state index in [0.717, 1.165) is 13.0 Å². The Balaban J connectivity index is 2.17. The summed E-state index contributed by atoms with van der Waals surface area (Å²) in [5.74, 6) is -0.0454. The zero-order valence-corrected chi connectivity index (χ0v) is 11.6. The molecule has 1 aliphatic heterocycles. The molecule has 1 aromatic carbocycles. The fraction of sp³-hybridized carbons (Fsp3) is 0.533. The average molecular weight is 262 g/mol. The highest BCUT2D eigenvalue weighted by atomic mass is 16.5. The zero-order chi connectivity index (χ0) is 13.8. The number of primary amides is 1. The van der Waals surface area contributed by atoms with Crippen LogP contribution in [-0.2, 0) is 9.53 Å². The smallest absolute Gasteiger partial charge is 0.235 e. The topological polar surface area (TPSA) is 55.6 Å². The molecule has 0 radical (unpaired) electrons. The maximum atomic E-state index is 11.8. The van der Waals surface area contributed by atoms with Gasteiger partial charge in [0.15, 0.2) is 0 Å². The van der Waals surface area contributed by atoms with Gasteiger partial charge in [0.2, 0.25) is 5.91 Å². The first-order chi connectivity index (χ1) is 9.15. The van der Waals surface area contributed by atoms with Crippen LogP contribution in [0.1, 0.15) is 24.9 Å². The first-order valence-electron chi connectivity index (χ1n) is 6.74. The largest absolute Gasteiger partial charge is 0.384 e. The van der Waals surface area contributed by atoms with Gasteiger partial charge in [-0.05, 0) is 25.5 Å². The summed E-state index contributed by atoms with van der Waals surface area (Å²) in [6.07, 6.45) is 0.957. The highest BCUT2D eigenvalue weighted by molar-refractivity contribution is 5.80. The summed E-state index contributed by atoms with van der Waals surface area (Å²) in [4.78, 5) is 14.0. The number of nitrogens with two attached hydrogens (primary N) is 1. The second-order valence-corrected chi connectivity index (χ2v) is 5.18. The van der Waals surface area contributed by atoms with E-state index in [1.165, 1.54) is 5.56 Å². The van der Waals surface area contributed by atoms with E-state index >= 15 is 0 Å². The van der Waals surface area contributed by atoms with Gasteiger partial charge < -0.3 is 10.5 Å². The van der Waals surface area contributed by atoms with Crippen molar-refractivity contribution >= 4 is 5.91 Å². The van der Waals surface area contributed by atoms with Crippen LogP contribution >= 0.6 is 0 Å². The van der Waals surface area contributed by atoms with E-state index in [1.807, 2.05) is 18.2 Å². The molecule has 1 aliphatic rings. The molecular weight excluding hydrogens is 240 g/mol. The number of rotatable bonds is 5. The van der Waals surface area contributed by atoms with Crippen molar-refractivity contribution < 1.29 is 9.53 Å². The highest BCUT2D eigenvalue weighted by Crippen LogP contribution is 2.32. The normalized spacial score (nSPS) is 25.4. The van der Waals surface area contributed by atoms with Crippen LogP contribution in [0.15, 0.2) is 30.3 Å². The van der Waals surface area contributed by atoms with Crippen LogP contribution in [0, 0.1) is 5.92 Å². The summed E-state index contributed by atoms with van der Waals surface area (Å²) in [5.41, 5.74) is 6.80. The fourth-order valence-electron chi connectivity index (χ4n) is 3.02. The monoisotopic (exact) mass is 262 g/mol. The molecule has 0 spiro atoms. The summed E-state index contributed by atoms with van der Waals surface area (Å²) < 4.78 is 5.21. The summed E-state index contributed by atoms with van der Waals surface area (Å²) in [6, 6.07) is 10.2. The Morgan fingerprint density at radius 2 is 2.16 bits per heavy atom. The van der Waals surface area contributed by atoms with Crippen LogP contribution in [0.2, 0.25) is 0 Å². The van der Waals surface area contributed by atoms with E-state index in [0.29, 0.717) is 6.61 Å². The van der Waals surface area contributed by atoms with E-state index in [1.54, 1.807) is 7.11 Å². The van der Waals surface area contributed by atoms with Gasteiger partial charge in [-0.15, -0.1) is 0 Å². The number of carbonyl (C=O) groups is 1. The van der Waals surface area contributed by atoms with E-state index in [9.17, 15) is 4.79 Å². The first-order valence-corrected chi connectivity index (χ1v) is 6.74. The molecule has 2 N–H and O–H groups in total. The van der Waals surface area contributed by atoms with E-state index in [2.05, 4.69) is 24.0 Å². The third kappa shape index (κ3) is 2.96. The molecule has 4 heteroatoms. The third-order valence-electron chi connectivity index (χ3n) is 4.01. The van der Waals surface area contributed by atoms with Crippen molar-refractivity contribution in [3.05, 3.63) is 35.9 Å². The predicted molar refractivity (Wildman–Crippen MR) is 74.5 cm³/mol. The maximum absolute atomic E-state index is 11.8. The molecule has 1 heterocycles. The van der Waals surface area contributed by atoms with Crippen molar-refractivity contribution in [2.24, 2.45) is 11.7 Å². The molecular formula is C15H22N2O2. The molecule has 0 aliphatic carbocycles. The van der Waals surface area contributed by atoms with Gasteiger partial charge in [-0.25, -0.2) is 0 Å². The zero-order valence-electron chi connectivity index (χ0n) is 11.6. The van der Waals surface area contributed by atoms with Gasteiger partial charge in [0.05, 0.1) is 12.6 Å². The summed E-state index contributed by atoms with van der Waals surface area (Å²) >= 11 is 0. The highest BCUT2D eigenvalue weighted by Gasteiger charge is 2.40. The fourth-order valence-corrected chi connectivity index (χ4v) is 3.02. The quantitative estimate of drug-likeness (QED) is 0.876. The van der Waals surface area contributed by atoms with Crippen LogP contribution < -0.4 is 5.73 Å². The number of ether oxygens (including phenoxy) is 1. The summed E-state index contributed by atoms with van der Waals surface area (Å²) in [5, 5.41) is 0. The van der Waals surface area contributed by atoms with Gasteiger partial charge in [0.1, 0.15) is 0 Å². The molecule has 104 valence electrons. The van der Waals surface area contributed by atoms with Crippen molar-refractivity contribution in [2.75, 3.05) is 20.3 Å². The number of carbonyl (C=O) groups excluding carboxylic acids is 1. The Bertz CT molecular complexity index is 421. The lowest BCUT2D eigenvalue weighted by molar-refractivity contribution is -0.124. The Labute approximate surface area is 114 Å². The van der Waals surface area contributed by atoms with Gasteiger partial charge in [-0.1, -0.05) is 30.3 Å². The molecule has 3 atom stereocenters. The first kappa shape index (κ1) is 14.0. The van der Waals surface area contributed by atoms with Crippen molar-refractivity contribution in [1.82, 2.24) is 4.90 Å². The molecule has 0 bridgehead atoms. The van der Waals surface area contributed by atoms with Crippen LogP contribution in [-0.4, -0.2) is 37.1 Å². The van der Waals surface area contributed by atoms with Crippen LogP contribution in [0.5, 0.6) is 0 Å². The van der Waals surface area contributed by atoms with Gasteiger partial charge >= 0.3 is 0 Å². The lowest BCUT2D eigenvalue weighted by atomic mass is 9.99. The molecule has 0 saturated carbocycles. The molecule has 2 rings (SSSR count). The lowest BCUT2D eigenvalue weighted by Crippen LogP contribution is -2.45. The number of likely N-dealkylation sites (tertiary alicyclic amines) is 1. The number of hydrogen-bond donors (Lipinski definition) is 1. The standard InChI is InChI=1S/C15H22N2O2/c1-11(12-6-4-3-5-7-12)17-9-8-13(10-19-2)14(17)15(16)18/h3-7,11,13-14H,8-10H2,1-2H3,(H2,16,18)/t11-,13-,14-/m0/s1.